The standard InChI is InChI=1S/C16H24N4O2/c1-12(2)7-10-20-11-8-13(5-6-15(20)21)18-16(22)14-4-3-9-17-19-14/h3-4,9,12-13H,5-8,10-11H2,1-2H3,(H,18,22). The van der Waals surface area contributed by atoms with Crippen LogP contribution in [0.4, 0.5) is 0 Å². The molecule has 6 heteroatoms. The average Bonchev–Trinajstić information content (AvgIpc) is 2.68. The van der Waals surface area contributed by atoms with Crippen LogP contribution >= 0.6 is 0 Å². The summed E-state index contributed by atoms with van der Waals surface area (Å²) < 4.78 is 0. The molecule has 0 saturated carbocycles. The van der Waals surface area contributed by atoms with E-state index in [0.717, 1.165) is 19.4 Å². The second kappa shape index (κ2) is 7.87. The van der Waals surface area contributed by atoms with Crippen molar-refractivity contribution in [1.29, 1.82) is 0 Å². The normalized spacial score (nSPS) is 19.1. The molecule has 120 valence electrons. The second-order valence-corrected chi connectivity index (χ2v) is 6.17. The molecule has 2 heterocycles. The minimum atomic E-state index is -0.221. The highest BCUT2D eigenvalue weighted by Crippen LogP contribution is 2.14. The van der Waals surface area contributed by atoms with Crippen LogP contribution in [0.25, 0.3) is 0 Å². The zero-order valence-corrected chi connectivity index (χ0v) is 13.3. The number of nitrogens with zero attached hydrogens (tertiary/aromatic N) is 3. The summed E-state index contributed by atoms with van der Waals surface area (Å²) in [6, 6.07) is 3.34. The molecule has 1 aliphatic heterocycles. The number of carbonyl (C=O) groups excluding carboxylic acids is 2. The number of amides is 2. The molecule has 1 unspecified atom stereocenters. The van der Waals surface area contributed by atoms with Crippen molar-refractivity contribution in [1.82, 2.24) is 20.4 Å². The maximum Gasteiger partial charge on any atom is 0.272 e. The lowest BCUT2D eigenvalue weighted by atomic mass is 10.1. The van der Waals surface area contributed by atoms with Crippen LogP contribution in [-0.2, 0) is 4.79 Å². The van der Waals surface area contributed by atoms with Crippen LogP contribution in [0.3, 0.4) is 0 Å². The van der Waals surface area contributed by atoms with Crippen LogP contribution in [0.1, 0.15) is 50.0 Å². The molecule has 22 heavy (non-hydrogen) atoms. The number of hydrogen-bond acceptors (Lipinski definition) is 4. The number of aromatic nitrogens is 2. The first kappa shape index (κ1) is 16.4. The van der Waals surface area contributed by atoms with E-state index in [2.05, 4.69) is 29.4 Å². The van der Waals surface area contributed by atoms with Crippen LogP contribution in [-0.4, -0.2) is 46.0 Å². The minimum absolute atomic E-state index is 0.0162. The predicted molar refractivity (Wildman–Crippen MR) is 83.2 cm³/mol. The van der Waals surface area contributed by atoms with Crippen LogP contribution < -0.4 is 5.32 Å². The van der Waals surface area contributed by atoms with Crippen LogP contribution in [0.15, 0.2) is 18.3 Å². The van der Waals surface area contributed by atoms with Gasteiger partial charge in [0.1, 0.15) is 0 Å². The summed E-state index contributed by atoms with van der Waals surface area (Å²) >= 11 is 0. The molecule has 2 rings (SSSR count). The molecule has 2 amide bonds. The first-order valence-corrected chi connectivity index (χ1v) is 7.92. The Kier molecular flexibility index (Phi) is 5.86. The molecule has 0 aliphatic carbocycles. The molecule has 1 saturated heterocycles. The smallest absolute Gasteiger partial charge is 0.272 e. The van der Waals surface area contributed by atoms with Gasteiger partial charge in [-0.3, -0.25) is 9.59 Å². The molecule has 1 fully saturated rings. The third-order valence-corrected chi connectivity index (χ3v) is 3.92. The van der Waals surface area contributed by atoms with Crippen molar-refractivity contribution in [2.24, 2.45) is 5.92 Å². The van der Waals surface area contributed by atoms with Gasteiger partial charge in [-0.25, -0.2) is 0 Å². The van der Waals surface area contributed by atoms with E-state index in [9.17, 15) is 9.59 Å². The molecule has 1 aromatic heterocycles. The van der Waals surface area contributed by atoms with Crippen molar-refractivity contribution in [2.75, 3.05) is 13.1 Å². The molecule has 1 aliphatic rings. The Hall–Kier alpha value is -1.98. The Bertz CT molecular complexity index is 504. The van der Waals surface area contributed by atoms with Gasteiger partial charge in [0.15, 0.2) is 5.69 Å². The van der Waals surface area contributed by atoms with Crippen molar-refractivity contribution in [3.8, 4) is 0 Å². The fourth-order valence-corrected chi connectivity index (χ4v) is 2.51. The molecule has 0 radical (unpaired) electrons. The van der Waals surface area contributed by atoms with Gasteiger partial charge in [0, 0.05) is 31.7 Å². The molecule has 0 spiro atoms. The largest absolute Gasteiger partial charge is 0.348 e. The van der Waals surface area contributed by atoms with Gasteiger partial charge in [-0.1, -0.05) is 13.8 Å². The predicted octanol–water partition coefficient (Wildman–Crippen LogP) is 1.63. The molecule has 1 aromatic rings. The summed E-state index contributed by atoms with van der Waals surface area (Å²) in [6.07, 6.45) is 4.51. The highest BCUT2D eigenvalue weighted by molar-refractivity contribution is 5.92. The van der Waals surface area contributed by atoms with E-state index in [0.29, 0.717) is 31.0 Å². The van der Waals surface area contributed by atoms with Crippen molar-refractivity contribution < 1.29 is 9.59 Å². The molecule has 1 N–H and O–H groups in total. The van der Waals surface area contributed by atoms with Crippen molar-refractivity contribution in [3.05, 3.63) is 24.0 Å². The summed E-state index contributed by atoms with van der Waals surface area (Å²) in [4.78, 5) is 26.1. The maximum atomic E-state index is 12.1. The third-order valence-electron chi connectivity index (χ3n) is 3.92. The topological polar surface area (TPSA) is 75.2 Å². The fraction of sp³-hybridized carbons (Fsp3) is 0.625. The minimum Gasteiger partial charge on any atom is -0.348 e. The monoisotopic (exact) mass is 304 g/mol. The molecule has 0 aromatic carbocycles. The van der Waals surface area contributed by atoms with Gasteiger partial charge in [-0.15, -0.1) is 5.10 Å². The zero-order chi connectivity index (χ0) is 15.9. The maximum absolute atomic E-state index is 12.1. The molecule has 1 atom stereocenters. The van der Waals surface area contributed by atoms with Gasteiger partial charge < -0.3 is 10.2 Å². The highest BCUT2D eigenvalue weighted by Gasteiger charge is 2.24. The van der Waals surface area contributed by atoms with Gasteiger partial charge in [0.2, 0.25) is 5.91 Å². The highest BCUT2D eigenvalue weighted by atomic mass is 16.2. The first-order chi connectivity index (χ1) is 10.6. The zero-order valence-electron chi connectivity index (χ0n) is 13.3. The Morgan fingerprint density at radius 2 is 2.27 bits per heavy atom. The second-order valence-electron chi connectivity index (χ2n) is 6.17. The third kappa shape index (κ3) is 4.79. The number of carbonyl (C=O) groups is 2. The lowest BCUT2D eigenvalue weighted by Gasteiger charge is -2.22. The van der Waals surface area contributed by atoms with E-state index in [1.54, 1.807) is 12.1 Å². The number of rotatable bonds is 5. The van der Waals surface area contributed by atoms with Crippen molar-refractivity contribution >= 4 is 11.8 Å². The first-order valence-electron chi connectivity index (χ1n) is 7.92. The van der Waals surface area contributed by atoms with Crippen LogP contribution in [0.5, 0.6) is 0 Å². The SMILES string of the molecule is CC(C)CCN1CCC(NC(=O)c2cccnn2)CCC1=O. The molecule has 6 nitrogen and oxygen atoms in total. The van der Waals surface area contributed by atoms with Crippen molar-refractivity contribution in [3.63, 3.8) is 0 Å². The molecular formula is C16H24N4O2. The molecular weight excluding hydrogens is 280 g/mol. The van der Waals surface area contributed by atoms with E-state index in [1.807, 2.05) is 4.90 Å². The Morgan fingerprint density at radius 1 is 1.45 bits per heavy atom. The summed E-state index contributed by atoms with van der Waals surface area (Å²) in [5.41, 5.74) is 0.315. The van der Waals surface area contributed by atoms with E-state index in [4.69, 9.17) is 0 Å². The lowest BCUT2D eigenvalue weighted by molar-refractivity contribution is -0.130. The van der Waals surface area contributed by atoms with E-state index >= 15 is 0 Å². The van der Waals surface area contributed by atoms with Gasteiger partial charge >= 0.3 is 0 Å². The van der Waals surface area contributed by atoms with Crippen LogP contribution in [0, 0.1) is 5.92 Å². The van der Waals surface area contributed by atoms with Crippen molar-refractivity contribution in [2.45, 2.75) is 45.6 Å². The Balaban J connectivity index is 1.87. The fourth-order valence-electron chi connectivity index (χ4n) is 2.51. The summed E-state index contributed by atoms with van der Waals surface area (Å²) in [5.74, 6) is 0.557. The van der Waals surface area contributed by atoms with Gasteiger partial charge in [0.25, 0.3) is 5.91 Å². The van der Waals surface area contributed by atoms with E-state index in [-0.39, 0.29) is 17.9 Å². The number of likely N-dealkylation sites (tertiary alicyclic amines) is 1. The number of hydrogen-bond donors (Lipinski definition) is 1. The lowest BCUT2D eigenvalue weighted by Crippen LogP contribution is -2.36. The average molecular weight is 304 g/mol. The Labute approximate surface area is 131 Å². The van der Waals surface area contributed by atoms with Crippen LogP contribution in [0.2, 0.25) is 0 Å². The van der Waals surface area contributed by atoms with E-state index in [1.165, 1.54) is 6.20 Å². The van der Waals surface area contributed by atoms with Gasteiger partial charge in [-0.05, 0) is 37.3 Å². The number of nitrogens with one attached hydrogen (secondary N) is 1. The van der Waals surface area contributed by atoms with Gasteiger partial charge in [-0.2, -0.15) is 5.10 Å². The summed E-state index contributed by atoms with van der Waals surface area (Å²) in [5, 5.41) is 10.5. The summed E-state index contributed by atoms with van der Waals surface area (Å²) in [7, 11) is 0. The van der Waals surface area contributed by atoms with Gasteiger partial charge in [0.05, 0.1) is 0 Å². The molecule has 0 bridgehead atoms. The van der Waals surface area contributed by atoms with E-state index < -0.39 is 0 Å². The summed E-state index contributed by atoms with van der Waals surface area (Å²) in [6.45, 7) is 5.83. The Morgan fingerprint density at radius 3 is 2.95 bits per heavy atom. The quantitative estimate of drug-likeness (QED) is 0.897.